The molecule has 1 heterocycles. The molecule has 1 aromatic carbocycles. The van der Waals surface area contributed by atoms with Gasteiger partial charge in [-0.1, -0.05) is 24.3 Å². The minimum Gasteiger partial charge on any atom is -0.444 e. The van der Waals surface area contributed by atoms with E-state index in [4.69, 9.17) is 9.62 Å². The largest absolute Gasteiger partial charge is 0.444 e. The van der Waals surface area contributed by atoms with Crippen LogP contribution in [0.15, 0.2) is 40.8 Å². The molecule has 0 atom stereocenters. The number of furan rings is 1. The molecule has 0 bridgehead atoms. The summed E-state index contributed by atoms with van der Waals surface area (Å²) >= 11 is 0. The zero-order valence-corrected chi connectivity index (χ0v) is 10.8. The van der Waals surface area contributed by atoms with Crippen LogP contribution >= 0.6 is 0 Å². The summed E-state index contributed by atoms with van der Waals surface area (Å²) in [5.74, 6) is 0.276. The first-order valence-corrected chi connectivity index (χ1v) is 6.24. The molecule has 20 heavy (non-hydrogen) atoms. The second-order valence-corrected chi connectivity index (χ2v) is 5.09. The Kier molecular flexibility index (Phi) is 2.72. The van der Waals surface area contributed by atoms with Crippen molar-refractivity contribution in [1.82, 2.24) is 0 Å². The van der Waals surface area contributed by atoms with Gasteiger partial charge in [-0.3, -0.25) is 14.8 Å². The summed E-state index contributed by atoms with van der Waals surface area (Å²) in [5.41, 5.74) is 1.67. The molecular formula is C15H13NO4. The first-order chi connectivity index (χ1) is 9.56. The van der Waals surface area contributed by atoms with Crippen molar-refractivity contribution in [3.8, 4) is 0 Å². The van der Waals surface area contributed by atoms with Gasteiger partial charge in [-0.15, -0.1) is 0 Å². The number of fused-ring (bicyclic) bond motifs is 1. The Balaban J connectivity index is 1.97. The molecule has 0 fully saturated rings. The maximum absolute atomic E-state index is 12.5. The number of rotatable bonds is 3. The maximum Gasteiger partial charge on any atom is 0.216 e. The number of nitrogens with one attached hydrogen (secondary N) is 1. The Hall–Kier alpha value is -2.40. The number of Topliss-reactive ketones (excluding diaryl/α,β-unsaturated/α-hetero) is 2. The monoisotopic (exact) mass is 271 g/mol. The van der Waals surface area contributed by atoms with Crippen molar-refractivity contribution >= 4 is 17.5 Å². The highest BCUT2D eigenvalue weighted by Gasteiger charge is 2.49. The van der Waals surface area contributed by atoms with Crippen LogP contribution in [0.1, 0.15) is 33.4 Å². The van der Waals surface area contributed by atoms with E-state index in [0.717, 1.165) is 0 Å². The van der Waals surface area contributed by atoms with Crippen molar-refractivity contribution in [3.05, 3.63) is 53.3 Å². The summed E-state index contributed by atoms with van der Waals surface area (Å²) in [7, 11) is 0. The molecule has 0 unspecified atom stereocenters. The lowest BCUT2D eigenvalue weighted by atomic mass is 9.81. The smallest absolute Gasteiger partial charge is 0.216 e. The third kappa shape index (κ3) is 1.67. The highest BCUT2D eigenvalue weighted by molar-refractivity contribution is 6.29. The van der Waals surface area contributed by atoms with Crippen LogP contribution in [-0.4, -0.2) is 16.8 Å². The molecule has 2 aromatic rings. The molecule has 0 spiro atoms. The van der Waals surface area contributed by atoms with Crippen LogP contribution in [0.3, 0.4) is 0 Å². The van der Waals surface area contributed by atoms with Gasteiger partial charge in [-0.2, -0.15) is 0 Å². The van der Waals surface area contributed by atoms with Crippen LogP contribution in [0.25, 0.3) is 0 Å². The molecule has 1 aliphatic rings. The second kappa shape index (κ2) is 4.31. The van der Waals surface area contributed by atoms with Crippen LogP contribution in [0.5, 0.6) is 0 Å². The summed E-state index contributed by atoms with van der Waals surface area (Å²) < 4.78 is 5.29. The van der Waals surface area contributed by atoms with Crippen molar-refractivity contribution in [2.45, 2.75) is 13.3 Å². The fourth-order valence-electron chi connectivity index (χ4n) is 2.62. The van der Waals surface area contributed by atoms with Crippen molar-refractivity contribution in [1.29, 1.82) is 0 Å². The summed E-state index contributed by atoms with van der Waals surface area (Å²) in [4.78, 5) is 25.0. The average Bonchev–Trinajstić information content (AvgIpc) is 2.99. The fourth-order valence-corrected chi connectivity index (χ4v) is 2.62. The third-order valence-corrected chi connectivity index (χ3v) is 3.72. The predicted octanol–water partition coefficient (Wildman–Crippen LogP) is 2.71. The van der Waals surface area contributed by atoms with Gasteiger partial charge in [0.05, 0.1) is 0 Å². The molecule has 5 nitrogen and oxygen atoms in total. The zero-order valence-electron chi connectivity index (χ0n) is 10.8. The van der Waals surface area contributed by atoms with Gasteiger partial charge in [-0.05, 0) is 13.0 Å². The van der Waals surface area contributed by atoms with Gasteiger partial charge in [0.2, 0.25) is 5.88 Å². The van der Waals surface area contributed by atoms with E-state index in [-0.39, 0.29) is 23.9 Å². The number of anilines is 1. The molecular weight excluding hydrogens is 258 g/mol. The molecule has 1 aliphatic carbocycles. The third-order valence-electron chi connectivity index (χ3n) is 3.72. The van der Waals surface area contributed by atoms with Crippen molar-refractivity contribution < 1.29 is 19.2 Å². The number of carbonyl (C=O) groups excluding carboxylic acids is 2. The normalized spacial score (nSPS) is 16.3. The quantitative estimate of drug-likeness (QED) is 0.662. The van der Waals surface area contributed by atoms with Crippen LogP contribution in [0.2, 0.25) is 0 Å². The summed E-state index contributed by atoms with van der Waals surface area (Å²) in [6.45, 7) is 1.63. The van der Waals surface area contributed by atoms with Crippen LogP contribution in [-0.2, 0) is 6.42 Å². The Morgan fingerprint density at radius 3 is 2.20 bits per heavy atom. The SMILES string of the molecule is CC1(Cc2ccc(NO)o2)C(=O)c2ccccc2C1=O. The van der Waals surface area contributed by atoms with E-state index in [2.05, 4.69) is 0 Å². The van der Waals surface area contributed by atoms with Crippen LogP contribution in [0, 0.1) is 5.41 Å². The highest BCUT2D eigenvalue weighted by atomic mass is 16.5. The molecule has 102 valence electrons. The van der Waals surface area contributed by atoms with Crippen molar-refractivity contribution in [2.24, 2.45) is 5.41 Å². The minimum absolute atomic E-state index is 0.168. The Labute approximate surface area is 115 Å². The van der Waals surface area contributed by atoms with E-state index in [0.29, 0.717) is 16.9 Å². The average molecular weight is 271 g/mol. The minimum atomic E-state index is -1.14. The number of ketones is 2. The van der Waals surface area contributed by atoms with Gasteiger partial charge in [0.25, 0.3) is 0 Å². The number of benzene rings is 1. The molecule has 2 N–H and O–H groups in total. The van der Waals surface area contributed by atoms with Gasteiger partial charge < -0.3 is 4.42 Å². The number of carbonyl (C=O) groups is 2. The first-order valence-electron chi connectivity index (χ1n) is 6.24. The molecule has 1 aromatic heterocycles. The Morgan fingerprint density at radius 2 is 1.70 bits per heavy atom. The molecule has 0 saturated heterocycles. The van der Waals surface area contributed by atoms with E-state index in [1.807, 2.05) is 5.48 Å². The van der Waals surface area contributed by atoms with E-state index < -0.39 is 5.41 Å². The van der Waals surface area contributed by atoms with E-state index in [1.54, 1.807) is 37.3 Å². The Bertz CT molecular complexity index is 666. The standard InChI is InChI=1S/C15H13NO4/c1-15(8-9-6-7-12(16-19)20-9)13(17)10-4-2-3-5-11(10)14(15)18/h2-7,16,19H,8H2,1H3. The predicted molar refractivity (Wildman–Crippen MR) is 71.0 cm³/mol. The lowest BCUT2D eigenvalue weighted by molar-refractivity contribution is 0.0714. The number of hydrogen-bond donors (Lipinski definition) is 2. The fraction of sp³-hybridized carbons (Fsp3) is 0.200. The van der Waals surface area contributed by atoms with Gasteiger partial charge in [-0.25, -0.2) is 5.48 Å². The molecule has 5 heteroatoms. The summed E-state index contributed by atoms with van der Waals surface area (Å²) in [6, 6.07) is 10.0. The van der Waals surface area contributed by atoms with E-state index in [1.165, 1.54) is 6.07 Å². The molecule has 0 saturated carbocycles. The molecule has 0 aliphatic heterocycles. The maximum atomic E-state index is 12.5. The topological polar surface area (TPSA) is 79.5 Å². The summed E-state index contributed by atoms with van der Waals surface area (Å²) in [5, 5.41) is 8.74. The van der Waals surface area contributed by atoms with Gasteiger partial charge in [0.1, 0.15) is 11.2 Å². The van der Waals surface area contributed by atoms with Gasteiger partial charge in [0, 0.05) is 23.6 Å². The van der Waals surface area contributed by atoms with E-state index in [9.17, 15) is 9.59 Å². The van der Waals surface area contributed by atoms with E-state index >= 15 is 0 Å². The molecule has 0 radical (unpaired) electrons. The second-order valence-electron chi connectivity index (χ2n) is 5.09. The number of hydrogen-bond acceptors (Lipinski definition) is 5. The van der Waals surface area contributed by atoms with Crippen LogP contribution in [0.4, 0.5) is 5.88 Å². The van der Waals surface area contributed by atoms with Gasteiger partial charge >= 0.3 is 0 Å². The van der Waals surface area contributed by atoms with Gasteiger partial charge in [0.15, 0.2) is 11.6 Å². The van der Waals surface area contributed by atoms with Crippen LogP contribution < -0.4 is 5.48 Å². The zero-order chi connectivity index (χ0) is 14.3. The molecule has 3 rings (SSSR count). The highest BCUT2D eigenvalue weighted by Crippen LogP contribution is 2.39. The first kappa shape index (κ1) is 12.6. The van der Waals surface area contributed by atoms with Crippen molar-refractivity contribution in [3.63, 3.8) is 0 Å². The summed E-state index contributed by atoms with van der Waals surface area (Å²) in [6.07, 6.45) is 0.168. The lowest BCUT2D eigenvalue weighted by Gasteiger charge is -2.18. The lowest BCUT2D eigenvalue weighted by Crippen LogP contribution is -2.32. The molecule has 0 amide bonds. The Morgan fingerprint density at radius 1 is 1.10 bits per heavy atom. The van der Waals surface area contributed by atoms with Crippen molar-refractivity contribution in [2.75, 3.05) is 5.48 Å².